The molecule has 0 heterocycles. The standard InChI is InChI=1S/C52H48N2/c1-33-19-15-17-25-46(33)53(37-21-11-9-12-22-37)39-27-28-41-43(30-39)51(5,6)45-32-42-48-35(3)29-40(31-44(48)52(7,8)50(42)36(4)49(41)45)54(38-23-13-10-14-24-38)47-26-18-16-20-34(47)2/h9-32H,1-8H3. The van der Waals surface area contributed by atoms with Gasteiger partial charge in [0.05, 0.1) is 0 Å². The topological polar surface area (TPSA) is 6.48 Å². The third kappa shape index (κ3) is 5.00. The third-order valence-electron chi connectivity index (χ3n) is 12.3. The van der Waals surface area contributed by atoms with Crippen molar-refractivity contribution < 1.29 is 0 Å². The quantitative estimate of drug-likeness (QED) is 0.170. The van der Waals surface area contributed by atoms with E-state index in [4.69, 9.17) is 0 Å². The first kappa shape index (κ1) is 33.9. The first-order valence-corrected chi connectivity index (χ1v) is 19.3. The molecule has 2 heteroatoms. The van der Waals surface area contributed by atoms with Crippen LogP contribution in [0.5, 0.6) is 0 Å². The highest BCUT2D eigenvalue weighted by Crippen LogP contribution is 2.60. The Morgan fingerprint density at radius 3 is 1.44 bits per heavy atom. The van der Waals surface area contributed by atoms with Crippen molar-refractivity contribution in [3.05, 3.63) is 190 Å². The lowest BCUT2D eigenvalue weighted by atomic mass is 9.76. The van der Waals surface area contributed by atoms with E-state index in [2.05, 4.69) is 211 Å². The molecule has 0 N–H and O–H groups in total. The predicted octanol–water partition coefficient (Wildman–Crippen LogP) is 14.5. The Morgan fingerprint density at radius 2 is 0.870 bits per heavy atom. The lowest BCUT2D eigenvalue weighted by Gasteiger charge is -2.30. The molecule has 0 aliphatic heterocycles. The van der Waals surface area contributed by atoms with Crippen molar-refractivity contribution in [2.24, 2.45) is 0 Å². The summed E-state index contributed by atoms with van der Waals surface area (Å²) in [6, 6.07) is 53.6. The molecule has 7 aromatic carbocycles. The van der Waals surface area contributed by atoms with Crippen LogP contribution in [0.2, 0.25) is 0 Å². The normalized spacial score (nSPS) is 14.2. The van der Waals surface area contributed by atoms with Crippen molar-refractivity contribution in [1.82, 2.24) is 0 Å². The van der Waals surface area contributed by atoms with Gasteiger partial charge in [0.25, 0.3) is 0 Å². The number of aryl methyl sites for hydroxylation is 3. The van der Waals surface area contributed by atoms with Gasteiger partial charge < -0.3 is 9.80 Å². The summed E-state index contributed by atoms with van der Waals surface area (Å²) in [5.41, 5.74) is 23.2. The maximum Gasteiger partial charge on any atom is 0.0490 e. The summed E-state index contributed by atoms with van der Waals surface area (Å²) < 4.78 is 0. The molecule has 2 nitrogen and oxygen atoms in total. The molecule has 0 spiro atoms. The van der Waals surface area contributed by atoms with Crippen LogP contribution >= 0.6 is 0 Å². The number of benzene rings is 7. The van der Waals surface area contributed by atoms with Crippen LogP contribution in [0.1, 0.15) is 72.2 Å². The van der Waals surface area contributed by atoms with E-state index in [1.54, 1.807) is 0 Å². The molecule has 0 bridgehead atoms. The monoisotopic (exact) mass is 700 g/mol. The molecule has 0 amide bonds. The van der Waals surface area contributed by atoms with Crippen molar-refractivity contribution in [2.45, 2.75) is 66.2 Å². The van der Waals surface area contributed by atoms with Crippen molar-refractivity contribution in [3.8, 4) is 22.3 Å². The van der Waals surface area contributed by atoms with Gasteiger partial charge in [-0.05, 0) is 161 Å². The van der Waals surface area contributed by atoms with Gasteiger partial charge in [-0.3, -0.25) is 0 Å². The Kier molecular flexibility index (Phi) is 7.76. The van der Waals surface area contributed by atoms with E-state index in [0.717, 1.165) is 5.69 Å². The van der Waals surface area contributed by atoms with Gasteiger partial charge in [0, 0.05) is 45.0 Å². The van der Waals surface area contributed by atoms with Gasteiger partial charge in [0.1, 0.15) is 0 Å². The molecule has 0 saturated heterocycles. The molecular weight excluding hydrogens is 653 g/mol. The third-order valence-corrected chi connectivity index (χ3v) is 12.3. The lowest BCUT2D eigenvalue weighted by Crippen LogP contribution is -2.19. The van der Waals surface area contributed by atoms with Crippen molar-refractivity contribution in [1.29, 1.82) is 0 Å². The van der Waals surface area contributed by atoms with Gasteiger partial charge in [-0.25, -0.2) is 0 Å². The van der Waals surface area contributed by atoms with Gasteiger partial charge in [-0.15, -0.1) is 0 Å². The number of rotatable bonds is 6. The van der Waals surface area contributed by atoms with Crippen molar-refractivity contribution in [3.63, 3.8) is 0 Å². The first-order valence-electron chi connectivity index (χ1n) is 19.3. The second kappa shape index (κ2) is 12.4. The molecule has 2 aliphatic rings. The molecule has 0 unspecified atom stereocenters. The van der Waals surface area contributed by atoms with Gasteiger partial charge in [-0.2, -0.15) is 0 Å². The van der Waals surface area contributed by atoms with Gasteiger partial charge in [-0.1, -0.05) is 107 Å². The van der Waals surface area contributed by atoms with Gasteiger partial charge >= 0.3 is 0 Å². The van der Waals surface area contributed by atoms with E-state index in [1.807, 2.05) is 0 Å². The van der Waals surface area contributed by atoms with Crippen LogP contribution in [0.15, 0.2) is 146 Å². The number of hydrogen-bond acceptors (Lipinski definition) is 2. The van der Waals surface area contributed by atoms with Crippen LogP contribution in [0, 0.1) is 27.7 Å². The number of anilines is 6. The fourth-order valence-corrected chi connectivity index (χ4v) is 9.73. The molecule has 2 aliphatic carbocycles. The minimum atomic E-state index is -0.180. The van der Waals surface area contributed by atoms with Gasteiger partial charge in [0.15, 0.2) is 0 Å². The molecule has 9 rings (SSSR count). The Labute approximate surface area is 321 Å². The maximum atomic E-state index is 2.56. The molecular formula is C52H48N2. The summed E-state index contributed by atoms with van der Waals surface area (Å²) in [4.78, 5) is 4.85. The Morgan fingerprint density at radius 1 is 0.370 bits per heavy atom. The first-order chi connectivity index (χ1) is 26.0. The van der Waals surface area contributed by atoms with Crippen LogP contribution in [-0.4, -0.2) is 0 Å². The van der Waals surface area contributed by atoms with E-state index >= 15 is 0 Å². The smallest absolute Gasteiger partial charge is 0.0490 e. The lowest BCUT2D eigenvalue weighted by molar-refractivity contribution is 0.648. The largest absolute Gasteiger partial charge is 0.310 e. The minimum absolute atomic E-state index is 0.176. The molecule has 0 saturated carbocycles. The highest BCUT2D eigenvalue weighted by atomic mass is 15.1. The van der Waals surface area contributed by atoms with Crippen LogP contribution in [0.4, 0.5) is 34.1 Å². The molecule has 54 heavy (non-hydrogen) atoms. The summed E-state index contributed by atoms with van der Waals surface area (Å²) in [5.74, 6) is 0. The van der Waals surface area contributed by atoms with Crippen LogP contribution in [0.25, 0.3) is 22.3 Å². The van der Waals surface area contributed by atoms with Crippen molar-refractivity contribution >= 4 is 34.1 Å². The summed E-state index contributed by atoms with van der Waals surface area (Å²) in [7, 11) is 0. The Bertz CT molecular complexity index is 2590. The fraction of sp³-hybridized carbons (Fsp3) is 0.192. The molecule has 0 atom stereocenters. The summed E-state index contributed by atoms with van der Waals surface area (Å²) >= 11 is 0. The molecule has 266 valence electrons. The highest BCUT2D eigenvalue weighted by molar-refractivity contribution is 5.95. The van der Waals surface area contributed by atoms with Crippen LogP contribution < -0.4 is 9.80 Å². The SMILES string of the molecule is Cc1ccccc1N(c1ccccc1)c1ccc2c(c1)C(C)(C)c1cc3c(c(C)c1-2)C(C)(C)c1cc(N(c2ccccc2)c2ccccc2C)cc(C)c1-3. The number of para-hydroxylation sites is 4. The number of hydrogen-bond donors (Lipinski definition) is 0. The van der Waals surface area contributed by atoms with E-state index < -0.39 is 0 Å². The Balaban J connectivity index is 1.20. The van der Waals surface area contributed by atoms with Crippen LogP contribution in [-0.2, 0) is 10.8 Å². The Hall–Kier alpha value is -5.86. The second-order valence-corrected chi connectivity index (χ2v) is 16.4. The zero-order chi connectivity index (χ0) is 37.5. The van der Waals surface area contributed by atoms with Crippen molar-refractivity contribution in [2.75, 3.05) is 9.80 Å². The average Bonchev–Trinajstić information content (AvgIpc) is 3.54. The predicted molar refractivity (Wildman–Crippen MR) is 230 cm³/mol. The maximum absolute atomic E-state index is 2.56. The summed E-state index contributed by atoms with van der Waals surface area (Å²) in [6.45, 7) is 18.8. The summed E-state index contributed by atoms with van der Waals surface area (Å²) in [6.07, 6.45) is 0. The minimum Gasteiger partial charge on any atom is -0.310 e. The number of nitrogens with zero attached hydrogens (tertiary/aromatic N) is 2. The molecule has 7 aromatic rings. The zero-order valence-corrected chi connectivity index (χ0v) is 32.8. The van der Waals surface area contributed by atoms with E-state index in [1.165, 1.54) is 95.2 Å². The van der Waals surface area contributed by atoms with E-state index in [-0.39, 0.29) is 10.8 Å². The fourth-order valence-electron chi connectivity index (χ4n) is 9.73. The van der Waals surface area contributed by atoms with Crippen LogP contribution in [0.3, 0.4) is 0 Å². The molecule has 0 fully saturated rings. The molecule has 0 radical (unpaired) electrons. The highest BCUT2D eigenvalue weighted by Gasteiger charge is 2.44. The molecule has 0 aromatic heterocycles. The number of fused-ring (bicyclic) bond motifs is 6. The summed E-state index contributed by atoms with van der Waals surface area (Å²) in [5, 5.41) is 0. The zero-order valence-electron chi connectivity index (χ0n) is 32.8. The second-order valence-electron chi connectivity index (χ2n) is 16.4. The van der Waals surface area contributed by atoms with Gasteiger partial charge in [0.2, 0.25) is 0 Å². The average molecular weight is 701 g/mol. The van der Waals surface area contributed by atoms with E-state index in [9.17, 15) is 0 Å². The van der Waals surface area contributed by atoms with E-state index in [0.29, 0.717) is 0 Å².